The Morgan fingerprint density at radius 1 is 1.02 bits per heavy atom. The number of rotatable bonds is 11. The molecule has 12 heteroatoms. The van der Waals surface area contributed by atoms with Crippen molar-refractivity contribution in [1.29, 1.82) is 0 Å². The van der Waals surface area contributed by atoms with E-state index in [1.165, 1.54) is 21.6 Å². The first-order valence-corrected chi connectivity index (χ1v) is 18.0. The number of carbonyl (C=O) groups excluding carboxylic acids is 1. The van der Waals surface area contributed by atoms with Crippen LogP contribution >= 0.6 is 22.7 Å². The number of fused-ring (bicyclic) bond motifs is 4. The maximum Gasteiger partial charge on any atom is 0.407 e. The van der Waals surface area contributed by atoms with Crippen LogP contribution in [0.4, 0.5) is 16.3 Å². The van der Waals surface area contributed by atoms with Gasteiger partial charge in [-0.2, -0.15) is 4.98 Å². The number of carbonyl (C=O) groups is 1. The van der Waals surface area contributed by atoms with Crippen molar-refractivity contribution in [3.63, 3.8) is 0 Å². The number of benzene rings is 3. The highest BCUT2D eigenvalue weighted by Gasteiger charge is 2.37. The molecule has 0 saturated carbocycles. The van der Waals surface area contributed by atoms with E-state index in [2.05, 4.69) is 63.1 Å². The summed E-state index contributed by atoms with van der Waals surface area (Å²) in [5, 5.41) is 3.56. The number of alkyl carbamates (subject to hydrolysis) is 1. The molecule has 6 aromatic rings. The highest BCUT2D eigenvalue weighted by molar-refractivity contribution is 7.19. The van der Waals surface area contributed by atoms with E-state index < -0.39 is 6.09 Å². The maximum absolute atomic E-state index is 12.4. The van der Waals surface area contributed by atoms with Crippen molar-refractivity contribution < 1.29 is 14.3 Å². The topological polar surface area (TPSA) is 120 Å². The van der Waals surface area contributed by atoms with Crippen molar-refractivity contribution in [2.45, 2.75) is 32.4 Å². The van der Waals surface area contributed by atoms with E-state index in [-0.39, 0.29) is 18.0 Å². The first-order chi connectivity index (χ1) is 24.7. The molecule has 51 heavy (non-hydrogen) atoms. The standard InChI is InChI=1S/C39H35N7O3S2/c1-39(2)29-19-26(13-14-28(29)35-30(39)20-27(50-35)21-32(41-3)36-44-31-7-5-6-8-33(31)51-36)46(4)17-18-48-38(47)43-22-24-9-11-25(12-10-24)23-49-37-42-16-15-34(40)45-37/h5-16,19-21H,17-18,22-23H2,1-2,4H3,(H,43,47)(H2,40,42,45)/b32-21-. The fourth-order valence-corrected chi connectivity index (χ4v) is 8.21. The molecule has 3 N–H and O–H groups in total. The van der Waals surface area contributed by atoms with Crippen molar-refractivity contribution in [2.75, 3.05) is 30.8 Å². The molecule has 10 nitrogen and oxygen atoms in total. The van der Waals surface area contributed by atoms with Gasteiger partial charge in [0.25, 0.3) is 0 Å². The van der Waals surface area contributed by atoms with Gasteiger partial charge in [-0.3, -0.25) is 0 Å². The highest BCUT2D eigenvalue weighted by Crippen LogP contribution is 2.53. The molecule has 0 spiro atoms. The molecule has 3 heterocycles. The molecule has 0 aliphatic heterocycles. The van der Waals surface area contributed by atoms with Crippen molar-refractivity contribution in [3.8, 4) is 16.5 Å². The second-order valence-electron chi connectivity index (χ2n) is 12.7. The van der Waals surface area contributed by atoms with Crippen molar-refractivity contribution in [2.24, 2.45) is 0 Å². The van der Waals surface area contributed by atoms with Crippen LogP contribution in [0.15, 0.2) is 85.1 Å². The van der Waals surface area contributed by atoms with E-state index in [1.807, 2.05) is 61.7 Å². The third kappa shape index (κ3) is 7.26. The quantitative estimate of drug-likeness (QED) is 0.129. The number of thiazole rings is 1. The van der Waals surface area contributed by atoms with Crippen LogP contribution in [0.1, 0.15) is 46.0 Å². The summed E-state index contributed by atoms with van der Waals surface area (Å²) in [5.74, 6) is 0.351. The molecule has 0 unspecified atom stereocenters. The lowest BCUT2D eigenvalue weighted by Crippen LogP contribution is -2.29. The van der Waals surface area contributed by atoms with Crippen LogP contribution in [0.5, 0.6) is 6.01 Å². The predicted octanol–water partition coefficient (Wildman–Crippen LogP) is 8.40. The Morgan fingerprint density at radius 3 is 2.61 bits per heavy atom. The van der Waals surface area contributed by atoms with Crippen LogP contribution in [0, 0.1) is 6.57 Å². The van der Waals surface area contributed by atoms with Crippen LogP contribution in [0.25, 0.3) is 37.3 Å². The maximum atomic E-state index is 12.4. The Balaban J connectivity index is 0.921. The van der Waals surface area contributed by atoms with Crippen LogP contribution in [-0.2, 0) is 23.3 Å². The SMILES string of the molecule is [C-]#[N+]/C(=C\c1cc2c(s1)-c1ccc(N(C)CCOC(=O)NCc3ccc(COc4nccc(N)n4)cc3)cc1C2(C)C)c1nc2ccccc2s1. The molecule has 3 aromatic heterocycles. The van der Waals surface area contributed by atoms with E-state index in [4.69, 9.17) is 26.8 Å². The summed E-state index contributed by atoms with van der Waals surface area (Å²) in [7, 11) is 2.00. The fourth-order valence-electron chi connectivity index (χ4n) is 5.99. The molecule has 0 fully saturated rings. The number of anilines is 2. The summed E-state index contributed by atoms with van der Waals surface area (Å²) in [6.07, 6.45) is 3.05. The summed E-state index contributed by atoms with van der Waals surface area (Å²) < 4.78 is 12.1. The fraction of sp³-hybridized carbons (Fsp3) is 0.205. The Kier molecular flexibility index (Phi) is 9.40. The number of ether oxygens (including phenoxy) is 2. The second-order valence-corrected chi connectivity index (χ2v) is 14.8. The summed E-state index contributed by atoms with van der Waals surface area (Å²) in [6.45, 7) is 13.8. The van der Waals surface area contributed by atoms with E-state index in [0.29, 0.717) is 31.2 Å². The normalized spacial score (nSPS) is 12.9. The Morgan fingerprint density at radius 2 is 1.82 bits per heavy atom. The summed E-state index contributed by atoms with van der Waals surface area (Å²) in [5.41, 5.74) is 13.6. The van der Waals surface area contributed by atoms with Gasteiger partial charge >= 0.3 is 12.1 Å². The minimum atomic E-state index is -0.469. The van der Waals surface area contributed by atoms with E-state index in [0.717, 1.165) is 36.9 Å². The number of para-hydroxylation sites is 1. The number of nitrogens with zero attached hydrogens (tertiary/aromatic N) is 5. The van der Waals surface area contributed by atoms with Gasteiger partial charge in [0.15, 0.2) is 0 Å². The van der Waals surface area contributed by atoms with Gasteiger partial charge in [0, 0.05) is 40.6 Å². The van der Waals surface area contributed by atoms with Gasteiger partial charge in [-0.25, -0.2) is 19.6 Å². The van der Waals surface area contributed by atoms with E-state index >= 15 is 0 Å². The van der Waals surface area contributed by atoms with E-state index in [9.17, 15) is 4.79 Å². The van der Waals surface area contributed by atoms with Gasteiger partial charge in [0.1, 0.15) is 24.0 Å². The first kappa shape index (κ1) is 33.7. The minimum absolute atomic E-state index is 0.204. The molecule has 0 bridgehead atoms. The number of nitrogen functional groups attached to an aromatic ring is 1. The second kappa shape index (κ2) is 14.2. The lowest BCUT2D eigenvalue weighted by atomic mass is 9.82. The van der Waals surface area contributed by atoms with Crippen LogP contribution in [0.3, 0.4) is 0 Å². The molecular formula is C39H35N7O3S2. The van der Waals surface area contributed by atoms with Crippen LogP contribution < -0.4 is 20.7 Å². The number of amides is 1. The first-order valence-electron chi connectivity index (χ1n) is 16.3. The smallest absolute Gasteiger partial charge is 0.407 e. The third-order valence-electron chi connectivity index (χ3n) is 8.84. The number of nitrogens with one attached hydrogen (secondary N) is 1. The third-order valence-corrected chi connectivity index (χ3v) is 11.0. The van der Waals surface area contributed by atoms with Crippen molar-refractivity contribution in [3.05, 3.63) is 129 Å². The lowest BCUT2D eigenvalue weighted by Gasteiger charge is -2.24. The molecule has 7 rings (SSSR count). The zero-order valence-electron chi connectivity index (χ0n) is 28.3. The van der Waals surface area contributed by atoms with Gasteiger partial charge in [-0.1, -0.05) is 56.3 Å². The van der Waals surface area contributed by atoms with Crippen molar-refractivity contribution in [1.82, 2.24) is 20.3 Å². The molecule has 1 aliphatic carbocycles. The van der Waals surface area contributed by atoms with Gasteiger partial charge < -0.3 is 25.4 Å². The molecule has 3 aromatic carbocycles. The summed E-state index contributed by atoms with van der Waals surface area (Å²) in [4.78, 5) is 33.4. The predicted molar refractivity (Wildman–Crippen MR) is 205 cm³/mol. The summed E-state index contributed by atoms with van der Waals surface area (Å²) >= 11 is 3.26. The van der Waals surface area contributed by atoms with Crippen LogP contribution in [-0.4, -0.2) is 41.2 Å². The number of thiophene rings is 1. The monoisotopic (exact) mass is 713 g/mol. The molecular weight excluding hydrogens is 679 g/mol. The molecule has 1 aliphatic rings. The highest BCUT2D eigenvalue weighted by atomic mass is 32.1. The Hall–Kier alpha value is -5.77. The molecule has 1 amide bonds. The number of nitrogens with two attached hydrogens (primary N) is 1. The van der Waals surface area contributed by atoms with Crippen LogP contribution in [0.2, 0.25) is 0 Å². The van der Waals surface area contributed by atoms with Gasteiger partial charge in [0.2, 0.25) is 5.70 Å². The van der Waals surface area contributed by atoms with Gasteiger partial charge in [-0.15, -0.1) is 22.7 Å². The number of hydrogen-bond donors (Lipinski definition) is 2. The summed E-state index contributed by atoms with van der Waals surface area (Å²) in [6, 6.07) is 26.2. The van der Waals surface area contributed by atoms with Crippen molar-refractivity contribution >= 4 is 62.3 Å². The Labute approximate surface area is 304 Å². The van der Waals surface area contributed by atoms with Gasteiger partial charge in [0.05, 0.1) is 23.3 Å². The number of hydrogen-bond acceptors (Lipinski definition) is 10. The van der Waals surface area contributed by atoms with E-state index in [1.54, 1.807) is 34.9 Å². The lowest BCUT2D eigenvalue weighted by molar-refractivity contribution is 0.148. The average Bonchev–Trinajstić information content (AvgIpc) is 3.82. The van der Waals surface area contributed by atoms with Gasteiger partial charge in [-0.05, 0) is 70.3 Å². The molecule has 0 atom stereocenters. The minimum Gasteiger partial charge on any atom is -0.459 e. The molecule has 256 valence electrons. The average molecular weight is 714 g/mol. The molecule has 0 radical (unpaired) electrons. The Bertz CT molecular complexity index is 2270. The largest absolute Gasteiger partial charge is 0.459 e. The zero-order valence-corrected chi connectivity index (χ0v) is 30.0. The number of aromatic nitrogens is 3. The number of likely N-dealkylation sites (N-methyl/N-ethyl adjacent to an activating group) is 1. The zero-order chi connectivity index (χ0) is 35.5. The molecule has 0 saturated heterocycles.